The van der Waals surface area contributed by atoms with Gasteiger partial charge in [0.1, 0.15) is 19.8 Å². The number of rotatable bonds is 5. The number of morpholine rings is 2. The van der Waals surface area contributed by atoms with Crippen molar-refractivity contribution < 1.29 is 28.6 Å². The SMILES string of the molecule is Nc1ccc(N2CCOCC2=O)cc1.O=C(Nc1ccc(N2CCOCC2=O)cc1)OCc1ccccc1. The van der Waals surface area contributed by atoms with Crippen molar-refractivity contribution in [3.63, 3.8) is 0 Å². The van der Waals surface area contributed by atoms with Crippen LogP contribution < -0.4 is 20.9 Å². The van der Waals surface area contributed by atoms with Crippen molar-refractivity contribution in [1.82, 2.24) is 0 Å². The molecule has 3 amide bonds. The van der Waals surface area contributed by atoms with E-state index in [-0.39, 0.29) is 31.6 Å². The molecule has 10 nitrogen and oxygen atoms in total. The van der Waals surface area contributed by atoms with E-state index < -0.39 is 6.09 Å². The largest absolute Gasteiger partial charge is 0.444 e. The lowest BCUT2D eigenvalue weighted by Gasteiger charge is -2.26. The molecule has 2 aliphatic rings. The number of carbonyl (C=O) groups excluding carboxylic acids is 3. The highest BCUT2D eigenvalue weighted by Gasteiger charge is 2.20. The summed E-state index contributed by atoms with van der Waals surface area (Å²) in [5, 5.41) is 2.66. The highest BCUT2D eigenvalue weighted by molar-refractivity contribution is 5.95. The van der Waals surface area contributed by atoms with E-state index in [0.29, 0.717) is 37.7 Å². The fraction of sp³-hybridized carbons (Fsp3) is 0.250. The summed E-state index contributed by atoms with van der Waals surface area (Å²) >= 11 is 0. The molecule has 0 aliphatic carbocycles. The summed E-state index contributed by atoms with van der Waals surface area (Å²) in [5.41, 5.74) is 9.47. The first kappa shape index (κ1) is 26.6. The summed E-state index contributed by atoms with van der Waals surface area (Å²) in [6.45, 7) is 2.75. The molecule has 10 heteroatoms. The van der Waals surface area contributed by atoms with Crippen molar-refractivity contribution in [2.24, 2.45) is 0 Å². The van der Waals surface area contributed by atoms with Gasteiger partial charge in [-0.1, -0.05) is 30.3 Å². The summed E-state index contributed by atoms with van der Waals surface area (Å²) in [4.78, 5) is 38.4. The number of anilines is 4. The lowest BCUT2D eigenvalue weighted by molar-refractivity contribution is -0.126. The molecule has 3 aromatic carbocycles. The fourth-order valence-corrected chi connectivity index (χ4v) is 3.84. The fourth-order valence-electron chi connectivity index (χ4n) is 3.84. The number of nitrogens with one attached hydrogen (secondary N) is 1. The summed E-state index contributed by atoms with van der Waals surface area (Å²) < 4.78 is 15.3. The van der Waals surface area contributed by atoms with E-state index in [2.05, 4.69) is 5.32 Å². The van der Waals surface area contributed by atoms with Gasteiger partial charge < -0.3 is 29.7 Å². The Hall–Kier alpha value is -4.41. The van der Waals surface area contributed by atoms with Gasteiger partial charge in [-0.25, -0.2) is 4.79 Å². The third kappa shape index (κ3) is 7.55. The molecule has 38 heavy (non-hydrogen) atoms. The summed E-state index contributed by atoms with van der Waals surface area (Å²) in [5.74, 6) is -0.0646. The number of hydrogen-bond donors (Lipinski definition) is 2. The quantitative estimate of drug-likeness (QED) is 0.496. The number of nitrogens with zero attached hydrogens (tertiary/aromatic N) is 2. The summed E-state index contributed by atoms with van der Waals surface area (Å²) in [6, 6.07) is 23.8. The minimum atomic E-state index is -0.519. The van der Waals surface area contributed by atoms with Gasteiger partial charge in [0.2, 0.25) is 0 Å². The van der Waals surface area contributed by atoms with Crippen molar-refractivity contribution in [1.29, 1.82) is 0 Å². The molecule has 2 fully saturated rings. The van der Waals surface area contributed by atoms with Gasteiger partial charge in [0.15, 0.2) is 0 Å². The Morgan fingerprint density at radius 2 is 1.32 bits per heavy atom. The molecule has 198 valence electrons. The third-order valence-electron chi connectivity index (χ3n) is 5.81. The van der Waals surface area contributed by atoms with E-state index in [1.807, 2.05) is 42.5 Å². The van der Waals surface area contributed by atoms with Crippen molar-refractivity contribution >= 4 is 40.7 Å². The van der Waals surface area contributed by atoms with Gasteiger partial charge in [0, 0.05) is 35.8 Å². The summed E-state index contributed by atoms with van der Waals surface area (Å²) in [6.07, 6.45) is -0.519. The Morgan fingerprint density at radius 1 is 0.789 bits per heavy atom. The zero-order chi connectivity index (χ0) is 26.7. The van der Waals surface area contributed by atoms with Gasteiger partial charge in [0.25, 0.3) is 11.8 Å². The molecule has 0 atom stereocenters. The number of carbonyl (C=O) groups is 3. The van der Waals surface area contributed by atoms with E-state index in [4.69, 9.17) is 19.9 Å². The molecule has 3 N–H and O–H groups in total. The first-order chi connectivity index (χ1) is 18.5. The standard InChI is InChI=1S/C18H18N2O4.C10H12N2O2/c21-17-13-23-11-10-20(17)16-8-6-15(7-9-16)19-18(22)24-12-14-4-2-1-3-5-14;11-8-1-3-9(4-2-8)12-5-6-14-7-10(12)13/h1-9H,10-13H2,(H,19,22);1-4H,5-7,11H2. The zero-order valence-electron chi connectivity index (χ0n) is 20.9. The number of ether oxygens (including phenoxy) is 3. The first-order valence-electron chi connectivity index (χ1n) is 12.2. The number of nitrogen functional groups attached to an aromatic ring is 1. The Bertz CT molecular complexity index is 1220. The number of nitrogens with two attached hydrogens (primary N) is 1. The Balaban J connectivity index is 0.000000204. The Kier molecular flexibility index (Phi) is 9.27. The third-order valence-corrected chi connectivity index (χ3v) is 5.81. The molecular formula is C28H30N4O6. The topological polar surface area (TPSA) is 123 Å². The number of hydrogen-bond acceptors (Lipinski definition) is 7. The molecule has 0 bridgehead atoms. The average molecular weight is 519 g/mol. The van der Waals surface area contributed by atoms with Crippen LogP contribution in [0.5, 0.6) is 0 Å². The molecule has 2 heterocycles. The van der Waals surface area contributed by atoms with Crippen molar-refractivity contribution in [2.75, 3.05) is 60.4 Å². The molecule has 2 saturated heterocycles. The van der Waals surface area contributed by atoms with Crippen LogP contribution in [0.15, 0.2) is 78.9 Å². The normalized spacial score (nSPS) is 15.4. The van der Waals surface area contributed by atoms with Crippen LogP contribution in [0.25, 0.3) is 0 Å². The first-order valence-corrected chi connectivity index (χ1v) is 12.2. The second-order valence-electron chi connectivity index (χ2n) is 8.52. The maximum atomic E-state index is 11.8. The van der Waals surface area contributed by atoms with Gasteiger partial charge in [-0.05, 0) is 54.1 Å². The van der Waals surface area contributed by atoms with Crippen LogP contribution in [0.3, 0.4) is 0 Å². The maximum Gasteiger partial charge on any atom is 0.411 e. The van der Waals surface area contributed by atoms with Gasteiger partial charge in [0.05, 0.1) is 13.2 Å². The van der Waals surface area contributed by atoms with Gasteiger partial charge in [-0.3, -0.25) is 14.9 Å². The smallest absolute Gasteiger partial charge is 0.411 e. The number of benzene rings is 3. The van der Waals surface area contributed by atoms with E-state index in [0.717, 1.165) is 16.9 Å². The van der Waals surface area contributed by atoms with E-state index in [1.54, 1.807) is 46.2 Å². The predicted molar refractivity (Wildman–Crippen MR) is 144 cm³/mol. The predicted octanol–water partition coefficient (Wildman–Crippen LogP) is 3.43. The monoisotopic (exact) mass is 518 g/mol. The van der Waals surface area contributed by atoms with Gasteiger partial charge >= 0.3 is 6.09 Å². The van der Waals surface area contributed by atoms with Crippen LogP contribution in [-0.2, 0) is 30.4 Å². The zero-order valence-corrected chi connectivity index (χ0v) is 20.9. The van der Waals surface area contributed by atoms with E-state index >= 15 is 0 Å². The van der Waals surface area contributed by atoms with E-state index in [9.17, 15) is 14.4 Å². The van der Waals surface area contributed by atoms with Crippen LogP contribution >= 0.6 is 0 Å². The van der Waals surface area contributed by atoms with Crippen molar-refractivity contribution in [3.8, 4) is 0 Å². The van der Waals surface area contributed by atoms with Gasteiger partial charge in [-0.15, -0.1) is 0 Å². The molecule has 0 spiro atoms. The molecular weight excluding hydrogens is 488 g/mol. The maximum absolute atomic E-state index is 11.8. The molecule has 0 saturated carbocycles. The van der Waals surface area contributed by atoms with Crippen LogP contribution in [0.4, 0.5) is 27.5 Å². The number of amides is 3. The molecule has 0 radical (unpaired) electrons. The minimum Gasteiger partial charge on any atom is -0.444 e. The minimum absolute atomic E-state index is 0.000946. The van der Waals surface area contributed by atoms with Gasteiger partial charge in [-0.2, -0.15) is 0 Å². The lowest BCUT2D eigenvalue weighted by Crippen LogP contribution is -2.41. The van der Waals surface area contributed by atoms with Crippen molar-refractivity contribution in [3.05, 3.63) is 84.4 Å². The summed E-state index contributed by atoms with van der Waals surface area (Å²) in [7, 11) is 0. The van der Waals surface area contributed by atoms with Crippen LogP contribution in [0, 0.1) is 0 Å². The molecule has 0 aromatic heterocycles. The average Bonchev–Trinajstić information content (AvgIpc) is 2.95. The molecule has 5 rings (SSSR count). The van der Waals surface area contributed by atoms with Crippen LogP contribution in [0.1, 0.15) is 5.56 Å². The second kappa shape index (κ2) is 13.2. The highest BCUT2D eigenvalue weighted by Crippen LogP contribution is 2.20. The second-order valence-corrected chi connectivity index (χ2v) is 8.52. The van der Waals surface area contributed by atoms with Crippen molar-refractivity contribution in [2.45, 2.75) is 6.61 Å². The Morgan fingerprint density at radius 3 is 1.84 bits per heavy atom. The highest BCUT2D eigenvalue weighted by atomic mass is 16.5. The molecule has 2 aliphatic heterocycles. The van der Waals surface area contributed by atoms with E-state index in [1.165, 1.54) is 0 Å². The van der Waals surface area contributed by atoms with Crippen LogP contribution in [0.2, 0.25) is 0 Å². The van der Waals surface area contributed by atoms with Crippen LogP contribution in [-0.4, -0.2) is 57.4 Å². The Labute approximate surface area is 220 Å². The molecule has 3 aromatic rings. The molecule has 0 unspecified atom stereocenters. The lowest BCUT2D eigenvalue weighted by atomic mass is 10.2.